The lowest BCUT2D eigenvalue weighted by molar-refractivity contribution is -0.130. The van der Waals surface area contributed by atoms with Gasteiger partial charge in [-0.05, 0) is 32.9 Å². The molecule has 0 saturated heterocycles. The molecule has 1 aromatic rings. The Balaban J connectivity index is 2.35. The Morgan fingerprint density at radius 2 is 1.89 bits per heavy atom. The summed E-state index contributed by atoms with van der Waals surface area (Å²) in [6.45, 7) is 6.07. The molecule has 4 heteroatoms. The minimum Gasteiger partial charge on any atom is -0.491 e. The molecule has 0 saturated carbocycles. The van der Waals surface area contributed by atoms with E-state index >= 15 is 0 Å². The van der Waals surface area contributed by atoms with Gasteiger partial charge >= 0.3 is 0 Å². The molecule has 100 valence electrons. The van der Waals surface area contributed by atoms with Crippen molar-refractivity contribution in [3.8, 4) is 5.75 Å². The molecule has 0 radical (unpaired) electrons. The van der Waals surface area contributed by atoms with Crippen molar-refractivity contribution in [3.63, 3.8) is 0 Å². The van der Waals surface area contributed by atoms with E-state index in [0.717, 1.165) is 5.75 Å². The number of carbonyl (C=O) groups is 1. The summed E-state index contributed by atoms with van der Waals surface area (Å²) in [5, 5.41) is 2.82. The van der Waals surface area contributed by atoms with Crippen LogP contribution in [-0.4, -0.2) is 31.8 Å². The van der Waals surface area contributed by atoms with Gasteiger partial charge in [-0.15, -0.1) is 0 Å². The van der Waals surface area contributed by atoms with E-state index < -0.39 is 6.10 Å². The van der Waals surface area contributed by atoms with Gasteiger partial charge in [0.1, 0.15) is 18.5 Å². The van der Waals surface area contributed by atoms with Crippen molar-refractivity contribution in [1.29, 1.82) is 0 Å². The summed E-state index contributed by atoms with van der Waals surface area (Å²) in [5.41, 5.74) is 1.19. The highest BCUT2D eigenvalue weighted by atomic mass is 16.5. The molecule has 2 atom stereocenters. The zero-order chi connectivity index (χ0) is 13.5. The Bertz CT molecular complexity index is 375. The lowest BCUT2D eigenvalue weighted by Crippen LogP contribution is -2.42. The molecule has 0 aromatic heterocycles. The maximum atomic E-state index is 11.5. The lowest BCUT2D eigenvalue weighted by Gasteiger charge is -2.17. The van der Waals surface area contributed by atoms with Crippen molar-refractivity contribution in [2.75, 3.05) is 13.7 Å². The third-order valence-electron chi connectivity index (χ3n) is 2.63. The van der Waals surface area contributed by atoms with E-state index in [1.807, 2.05) is 38.1 Å². The van der Waals surface area contributed by atoms with E-state index in [-0.39, 0.29) is 11.9 Å². The van der Waals surface area contributed by atoms with E-state index in [0.29, 0.717) is 6.61 Å². The lowest BCUT2D eigenvalue weighted by atomic mass is 10.2. The smallest absolute Gasteiger partial charge is 0.249 e. The van der Waals surface area contributed by atoms with Crippen LogP contribution in [0.1, 0.15) is 19.4 Å². The van der Waals surface area contributed by atoms with E-state index in [1.54, 1.807) is 6.92 Å². The van der Waals surface area contributed by atoms with Crippen LogP contribution in [0.15, 0.2) is 24.3 Å². The van der Waals surface area contributed by atoms with Crippen molar-refractivity contribution >= 4 is 5.91 Å². The summed E-state index contributed by atoms with van der Waals surface area (Å²) in [6.07, 6.45) is -0.438. The van der Waals surface area contributed by atoms with Gasteiger partial charge in [0.2, 0.25) is 5.91 Å². The number of benzene rings is 1. The zero-order valence-corrected chi connectivity index (χ0v) is 11.4. The molecule has 0 fully saturated rings. The Kier molecular flexibility index (Phi) is 5.65. The fourth-order valence-electron chi connectivity index (χ4n) is 1.36. The second-order valence-electron chi connectivity index (χ2n) is 4.41. The normalized spacial score (nSPS) is 13.8. The third kappa shape index (κ3) is 4.75. The van der Waals surface area contributed by atoms with E-state index in [4.69, 9.17) is 9.47 Å². The minimum atomic E-state index is -0.438. The van der Waals surface area contributed by atoms with Crippen LogP contribution in [0.5, 0.6) is 5.75 Å². The Hall–Kier alpha value is -1.55. The quantitative estimate of drug-likeness (QED) is 0.840. The molecular formula is C14H21NO3. The predicted octanol–water partition coefficient (Wildman–Crippen LogP) is 1.91. The van der Waals surface area contributed by atoms with Crippen molar-refractivity contribution in [3.05, 3.63) is 29.8 Å². The molecule has 1 amide bonds. The van der Waals surface area contributed by atoms with Gasteiger partial charge in [0, 0.05) is 7.11 Å². The maximum absolute atomic E-state index is 11.5. The van der Waals surface area contributed by atoms with Crippen LogP contribution in [0, 0.1) is 6.92 Å². The van der Waals surface area contributed by atoms with Crippen molar-refractivity contribution in [1.82, 2.24) is 5.32 Å². The molecule has 18 heavy (non-hydrogen) atoms. The Morgan fingerprint density at radius 1 is 1.28 bits per heavy atom. The molecular weight excluding hydrogens is 230 g/mol. The van der Waals surface area contributed by atoms with Crippen molar-refractivity contribution < 1.29 is 14.3 Å². The molecule has 4 nitrogen and oxygen atoms in total. The van der Waals surface area contributed by atoms with Crippen LogP contribution in [0.4, 0.5) is 0 Å². The van der Waals surface area contributed by atoms with Crippen LogP contribution < -0.4 is 10.1 Å². The fourth-order valence-corrected chi connectivity index (χ4v) is 1.36. The second kappa shape index (κ2) is 7.01. The van der Waals surface area contributed by atoms with Gasteiger partial charge in [0.25, 0.3) is 0 Å². The van der Waals surface area contributed by atoms with E-state index in [9.17, 15) is 4.79 Å². The average Bonchev–Trinajstić information content (AvgIpc) is 2.37. The first kappa shape index (κ1) is 14.5. The number of methoxy groups -OCH3 is 1. The predicted molar refractivity (Wildman–Crippen MR) is 70.7 cm³/mol. The van der Waals surface area contributed by atoms with E-state index in [1.165, 1.54) is 12.7 Å². The number of aryl methyl sites for hydroxylation is 1. The van der Waals surface area contributed by atoms with Gasteiger partial charge in [0.05, 0.1) is 6.04 Å². The SMILES string of the molecule is COC(C)C(=O)NC(C)COc1ccc(C)cc1. The van der Waals surface area contributed by atoms with Gasteiger partial charge in [-0.3, -0.25) is 4.79 Å². The highest BCUT2D eigenvalue weighted by Crippen LogP contribution is 2.11. The van der Waals surface area contributed by atoms with Crippen LogP contribution in [0.2, 0.25) is 0 Å². The van der Waals surface area contributed by atoms with Gasteiger partial charge in [-0.2, -0.15) is 0 Å². The highest BCUT2D eigenvalue weighted by molar-refractivity contribution is 5.80. The highest BCUT2D eigenvalue weighted by Gasteiger charge is 2.14. The standard InChI is InChI=1S/C14H21NO3/c1-10-5-7-13(8-6-10)18-9-11(2)15-14(16)12(3)17-4/h5-8,11-12H,9H2,1-4H3,(H,15,16). The number of carbonyl (C=O) groups excluding carboxylic acids is 1. The summed E-state index contributed by atoms with van der Waals surface area (Å²) in [4.78, 5) is 11.5. The number of rotatable bonds is 6. The molecule has 1 rings (SSSR count). The zero-order valence-electron chi connectivity index (χ0n) is 11.4. The van der Waals surface area contributed by atoms with Gasteiger partial charge < -0.3 is 14.8 Å². The van der Waals surface area contributed by atoms with Crippen LogP contribution in [0.25, 0.3) is 0 Å². The summed E-state index contributed by atoms with van der Waals surface area (Å²) in [7, 11) is 1.51. The molecule has 1 aromatic carbocycles. The molecule has 0 bridgehead atoms. The number of amides is 1. The summed E-state index contributed by atoms with van der Waals surface area (Å²) >= 11 is 0. The number of nitrogens with one attached hydrogen (secondary N) is 1. The van der Waals surface area contributed by atoms with Crippen molar-refractivity contribution in [2.45, 2.75) is 32.9 Å². The largest absolute Gasteiger partial charge is 0.491 e. The second-order valence-corrected chi connectivity index (χ2v) is 4.41. The first-order chi connectivity index (χ1) is 8.52. The molecule has 0 aliphatic carbocycles. The molecule has 2 unspecified atom stereocenters. The Labute approximate surface area is 108 Å². The van der Waals surface area contributed by atoms with Crippen LogP contribution in [-0.2, 0) is 9.53 Å². The monoisotopic (exact) mass is 251 g/mol. The molecule has 0 aliphatic rings. The average molecular weight is 251 g/mol. The Morgan fingerprint density at radius 3 is 2.44 bits per heavy atom. The summed E-state index contributed by atoms with van der Waals surface area (Å²) < 4.78 is 10.5. The first-order valence-corrected chi connectivity index (χ1v) is 6.05. The first-order valence-electron chi connectivity index (χ1n) is 6.05. The third-order valence-corrected chi connectivity index (χ3v) is 2.63. The number of ether oxygens (including phenoxy) is 2. The minimum absolute atomic E-state index is 0.0589. The van der Waals surface area contributed by atoms with Gasteiger partial charge in [-0.25, -0.2) is 0 Å². The van der Waals surface area contributed by atoms with Crippen molar-refractivity contribution in [2.24, 2.45) is 0 Å². The molecule has 0 aliphatic heterocycles. The summed E-state index contributed by atoms with van der Waals surface area (Å²) in [5.74, 6) is 0.680. The van der Waals surface area contributed by atoms with Crippen LogP contribution in [0.3, 0.4) is 0 Å². The fraction of sp³-hybridized carbons (Fsp3) is 0.500. The van der Waals surface area contributed by atoms with Crippen LogP contribution >= 0.6 is 0 Å². The van der Waals surface area contributed by atoms with Gasteiger partial charge in [-0.1, -0.05) is 17.7 Å². The molecule has 0 spiro atoms. The number of hydrogen-bond acceptors (Lipinski definition) is 3. The van der Waals surface area contributed by atoms with E-state index in [2.05, 4.69) is 5.32 Å². The topological polar surface area (TPSA) is 47.6 Å². The maximum Gasteiger partial charge on any atom is 0.249 e. The summed E-state index contributed by atoms with van der Waals surface area (Å²) in [6, 6.07) is 7.76. The number of hydrogen-bond donors (Lipinski definition) is 1. The van der Waals surface area contributed by atoms with Gasteiger partial charge in [0.15, 0.2) is 0 Å². The molecule has 0 heterocycles. The molecule has 1 N–H and O–H groups in total.